The van der Waals surface area contributed by atoms with Crippen LogP contribution in [0.15, 0.2) is 18.2 Å². The van der Waals surface area contributed by atoms with E-state index < -0.39 is 5.97 Å². The molecule has 1 aromatic carbocycles. The SMILES string of the molecule is COC(=O)c1cccc(N)c1N1CCOC(CO)C1. The van der Waals surface area contributed by atoms with E-state index in [4.69, 9.17) is 15.2 Å². The number of ether oxygens (including phenoxy) is 2. The first kappa shape index (κ1) is 13.6. The molecule has 0 aromatic heterocycles. The van der Waals surface area contributed by atoms with Crippen LogP contribution in [-0.4, -0.2) is 50.6 Å². The second-order valence-electron chi connectivity index (χ2n) is 4.36. The zero-order valence-electron chi connectivity index (χ0n) is 10.8. The number of hydrogen-bond donors (Lipinski definition) is 2. The number of esters is 1. The summed E-state index contributed by atoms with van der Waals surface area (Å²) in [5, 5.41) is 9.18. The summed E-state index contributed by atoms with van der Waals surface area (Å²) in [5.74, 6) is -0.422. The quantitative estimate of drug-likeness (QED) is 0.602. The molecule has 0 amide bonds. The summed E-state index contributed by atoms with van der Waals surface area (Å²) in [7, 11) is 1.34. The van der Waals surface area contributed by atoms with Crippen molar-refractivity contribution in [3.05, 3.63) is 23.8 Å². The fourth-order valence-corrected chi connectivity index (χ4v) is 2.22. The van der Waals surface area contributed by atoms with Crippen molar-refractivity contribution in [2.75, 3.05) is 44.0 Å². The summed E-state index contributed by atoms with van der Waals surface area (Å²) in [6, 6.07) is 5.14. The highest BCUT2D eigenvalue weighted by Crippen LogP contribution is 2.29. The molecule has 2 rings (SSSR count). The van der Waals surface area contributed by atoms with Gasteiger partial charge in [0.15, 0.2) is 0 Å². The molecule has 1 aromatic rings. The number of nitrogens with two attached hydrogens (primary N) is 1. The highest BCUT2D eigenvalue weighted by molar-refractivity contribution is 5.99. The molecule has 0 saturated carbocycles. The van der Waals surface area contributed by atoms with Gasteiger partial charge in [0.2, 0.25) is 0 Å². The first-order valence-corrected chi connectivity index (χ1v) is 6.11. The molecular weight excluding hydrogens is 248 g/mol. The number of benzene rings is 1. The van der Waals surface area contributed by atoms with Crippen LogP contribution in [0.2, 0.25) is 0 Å². The van der Waals surface area contributed by atoms with Gasteiger partial charge < -0.3 is 25.2 Å². The molecule has 0 spiro atoms. The minimum absolute atomic E-state index is 0.0587. The normalized spacial score (nSPS) is 19.3. The van der Waals surface area contributed by atoms with Crippen molar-refractivity contribution < 1.29 is 19.4 Å². The summed E-state index contributed by atoms with van der Waals surface area (Å²) in [6.07, 6.45) is -0.265. The van der Waals surface area contributed by atoms with E-state index in [1.165, 1.54) is 7.11 Å². The van der Waals surface area contributed by atoms with Gasteiger partial charge in [0.25, 0.3) is 0 Å². The molecule has 3 N–H and O–H groups in total. The summed E-state index contributed by atoms with van der Waals surface area (Å²) >= 11 is 0. The summed E-state index contributed by atoms with van der Waals surface area (Å²) in [4.78, 5) is 13.7. The molecule has 1 aliphatic heterocycles. The lowest BCUT2D eigenvalue weighted by Crippen LogP contribution is -2.45. The van der Waals surface area contributed by atoms with Crippen LogP contribution in [0.3, 0.4) is 0 Å². The van der Waals surface area contributed by atoms with Gasteiger partial charge in [0.05, 0.1) is 43.4 Å². The number of para-hydroxylation sites is 1. The number of aliphatic hydroxyl groups excluding tert-OH is 1. The number of morpholine rings is 1. The third kappa shape index (κ3) is 2.80. The average Bonchev–Trinajstić information content (AvgIpc) is 2.46. The number of anilines is 2. The molecule has 1 unspecified atom stereocenters. The summed E-state index contributed by atoms with van der Waals surface area (Å²) in [5.41, 5.74) is 7.57. The Morgan fingerprint density at radius 2 is 2.42 bits per heavy atom. The Morgan fingerprint density at radius 1 is 1.63 bits per heavy atom. The molecule has 0 bridgehead atoms. The van der Waals surface area contributed by atoms with E-state index in [9.17, 15) is 9.90 Å². The van der Waals surface area contributed by atoms with Gasteiger partial charge in [-0.15, -0.1) is 0 Å². The fraction of sp³-hybridized carbons (Fsp3) is 0.462. The third-order valence-electron chi connectivity index (χ3n) is 3.13. The predicted octanol–water partition coefficient (Wildman–Crippen LogP) is 0.253. The van der Waals surface area contributed by atoms with Gasteiger partial charge in [-0.2, -0.15) is 0 Å². The highest BCUT2D eigenvalue weighted by atomic mass is 16.5. The Bertz CT molecular complexity index is 464. The van der Waals surface area contributed by atoms with Gasteiger partial charge in [-0.3, -0.25) is 0 Å². The monoisotopic (exact) mass is 266 g/mol. The lowest BCUT2D eigenvalue weighted by Gasteiger charge is -2.35. The smallest absolute Gasteiger partial charge is 0.340 e. The number of nitrogen functional groups attached to an aromatic ring is 1. The first-order chi connectivity index (χ1) is 9.17. The van der Waals surface area contributed by atoms with Crippen LogP contribution in [0, 0.1) is 0 Å². The molecular formula is C13H18N2O4. The largest absolute Gasteiger partial charge is 0.465 e. The highest BCUT2D eigenvalue weighted by Gasteiger charge is 2.25. The van der Waals surface area contributed by atoms with E-state index in [2.05, 4.69) is 0 Å². The van der Waals surface area contributed by atoms with Gasteiger partial charge in [-0.25, -0.2) is 4.79 Å². The molecule has 6 heteroatoms. The number of hydrogen-bond acceptors (Lipinski definition) is 6. The van der Waals surface area contributed by atoms with Crippen molar-refractivity contribution in [1.29, 1.82) is 0 Å². The molecule has 0 aliphatic carbocycles. The summed E-state index contributed by atoms with van der Waals surface area (Å²) < 4.78 is 10.2. The van der Waals surface area contributed by atoms with Crippen LogP contribution in [0.25, 0.3) is 0 Å². The Hall–Kier alpha value is -1.79. The van der Waals surface area contributed by atoms with E-state index in [0.29, 0.717) is 36.6 Å². The Balaban J connectivity index is 2.34. The molecule has 104 valence electrons. The van der Waals surface area contributed by atoms with E-state index >= 15 is 0 Å². The number of carbonyl (C=O) groups is 1. The van der Waals surface area contributed by atoms with Crippen LogP contribution in [0.1, 0.15) is 10.4 Å². The van der Waals surface area contributed by atoms with Gasteiger partial charge in [-0.1, -0.05) is 6.07 Å². The van der Waals surface area contributed by atoms with Crippen LogP contribution in [0.5, 0.6) is 0 Å². The van der Waals surface area contributed by atoms with Gasteiger partial charge >= 0.3 is 5.97 Å². The number of carbonyl (C=O) groups excluding carboxylic acids is 1. The van der Waals surface area contributed by atoms with Crippen LogP contribution in [-0.2, 0) is 9.47 Å². The fourth-order valence-electron chi connectivity index (χ4n) is 2.22. The van der Waals surface area contributed by atoms with Crippen LogP contribution in [0.4, 0.5) is 11.4 Å². The van der Waals surface area contributed by atoms with Gasteiger partial charge in [-0.05, 0) is 12.1 Å². The Labute approximate surface area is 111 Å². The van der Waals surface area contributed by atoms with Crippen molar-refractivity contribution in [1.82, 2.24) is 0 Å². The van der Waals surface area contributed by atoms with E-state index in [1.54, 1.807) is 18.2 Å². The van der Waals surface area contributed by atoms with Gasteiger partial charge in [0, 0.05) is 13.1 Å². The molecule has 1 aliphatic rings. The van der Waals surface area contributed by atoms with Crippen molar-refractivity contribution in [3.63, 3.8) is 0 Å². The van der Waals surface area contributed by atoms with Crippen LogP contribution < -0.4 is 10.6 Å². The third-order valence-corrected chi connectivity index (χ3v) is 3.13. The molecule has 1 saturated heterocycles. The van der Waals surface area contributed by atoms with E-state index in [1.807, 2.05) is 4.90 Å². The number of methoxy groups -OCH3 is 1. The standard InChI is InChI=1S/C13H18N2O4/c1-18-13(17)10-3-2-4-11(14)12(10)15-5-6-19-9(7-15)8-16/h2-4,9,16H,5-8,14H2,1H3. The lowest BCUT2D eigenvalue weighted by molar-refractivity contribution is 0.00351. The number of nitrogens with zero attached hydrogens (tertiary/aromatic N) is 1. The molecule has 1 fully saturated rings. The Kier molecular flexibility index (Phi) is 4.24. The topological polar surface area (TPSA) is 85.0 Å². The number of aliphatic hydroxyl groups is 1. The van der Waals surface area contributed by atoms with E-state index in [0.717, 1.165) is 0 Å². The predicted molar refractivity (Wildman–Crippen MR) is 71.2 cm³/mol. The first-order valence-electron chi connectivity index (χ1n) is 6.11. The Morgan fingerprint density at radius 3 is 3.11 bits per heavy atom. The van der Waals surface area contributed by atoms with Crippen molar-refractivity contribution >= 4 is 17.3 Å². The molecule has 1 atom stereocenters. The van der Waals surface area contributed by atoms with Crippen molar-refractivity contribution in [3.8, 4) is 0 Å². The summed E-state index contributed by atoms with van der Waals surface area (Å²) in [6.45, 7) is 1.54. The van der Waals surface area contributed by atoms with Crippen LogP contribution >= 0.6 is 0 Å². The average molecular weight is 266 g/mol. The zero-order valence-corrected chi connectivity index (χ0v) is 10.8. The molecule has 19 heavy (non-hydrogen) atoms. The second kappa shape index (κ2) is 5.90. The molecule has 0 radical (unpaired) electrons. The molecule has 1 heterocycles. The lowest BCUT2D eigenvalue weighted by atomic mass is 10.1. The zero-order chi connectivity index (χ0) is 13.8. The maximum absolute atomic E-state index is 11.8. The minimum atomic E-state index is -0.422. The minimum Gasteiger partial charge on any atom is -0.465 e. The molecule has 6 nitrogen and oxygen atoms in total. The van der Waals surface area contributed by atoms with E-state index in [-0.39, 0.29) is 12.7 Å². The van der Waals surface area contributed by atoms with Gasteiger partial charge in [0.1, 0.15) is 0 Å². The van der Waals surface area contributed by atoms with Crippen molar-refractivity contribution in [2.24, 2.45) is 0 Å². The number of rotatable bonds is 3. The second-order valence-corrected chi connectivity index (χ2v) is 4.36. The maximum atomic E-state index is 11.8. The van der Waals surface area contributed by atoms with Crippen molar-refractivity contribution in [2.45, 2.75) is 6.10 Å². The maximum Gasteiger partial charge on any atom is 0.340 e.